The quantitative estimate of drug-likeness (QED) is 0.470. The number of halogens is 5. The number of H-pyrrole nitrogens is 1. The van der Waals surface area contributed by atoms with Crippen LogP contribution < -0.4 is 5.32 Å². The number of carbonyl (C=O) groups is 1. The minimum atomic E-state index is -5.16. The lowest BCUT2D eigenvalue weighted by Gasteiger charge is -2.10. The summed E-state index contributed by atoms with van der Waals surface area (Å²) in [5, 5.41) is 21.2. The Balaban J connectivity index is 1.66. The Kier molecular flexibility index (Phi) is 5.67. The number of anilines is 1. The van der Waals surface area contributed by atoms with Crippen LogP contribution in [0.1, 0.15) is 52.8 Å². The van der Waals surface area contributed by atoms with E-state index >= 15 is 0 Å². The number of nitrogens with zero attached hydrogens (tertiary/aromatic N) is 4. The van der Waals surface area contributed by atoms with E-state index in [4.69, 9.17) is 5.11 Å². The van der Waals surface area contributed by atoms with Crippen molar-refractivity contribution >= 4 is 11.6 Å². The molecule has 0 radical (unpaired) electrons. The fourth-order valence-corrected chi connectivity index (χ4v) is 3.26. The second kappa shape index (κ2) is 8.30. The second-order valence-electron chi connectivity index (χ2n) is 7.21. The van der Waals surface area contributed by atoms with Crippen molar-refractivity contribution in [2.75, 3.05) is 11.9 Å². The van der Waals surface area contributed by atoms with E-state index in [-0.39, 0.29) is 5.69 Å². The van der Waals surface area contributed by atoms with Gasteiger partial charge in [-0.1, -0.05) is 12.1 Å². The van der Waals surface area contributed by atoms with Crippen molar-refractivity contribution in [1.29, 1.82) is 0 Å². The minimum absolute atomic E-state index is 0.0634. The van der Waals surface area contributed by atoms with Crippen LogP contribution in [0.4, 0.5) is 27.6 Å². The van der Waals surface area contributed by atoms with Gasteiger partial charge in [0.25, 0.3) is 12.3 Å². The van der Waals surface area contributed by atoms with E-state index in [0.29, 0.717) is 22.0 Å². The molecule has 3 aromatic rings. The van der Waals surface area contributed by atoms with Gasteiger partial charge < -0.3 is 10.4 Å². The zero-order chi connectivity index (χ0) is 23.0. The molecule has 2 heterocycles. The predicted molar refractivity (Wildman–Crippen MR) is 101 cm³/mol. The van der Waals surface area contributed by atoms with Crippen LogP contribution in [0.2, 0.25) is 0 Å². The fourth-order valence-electron chi connectivity index (χ4n) is 3.26. The molecule has 0 atom stereocenters. The van der Waals surface area contributed by atoms with Crippen molar-refractivity contribution in [3.8, 4) is 11.4 Å². The van der Waals surface area contributed by atoms with E-state index < -0.39 is 48.6 Å². The van der Waals surface area contributed by atoms with Gasteiger partial charge in [-0.15, -0.1) is 0 Å². The molecule has 4 rings (SSSR count). The first-order valence-electron chi connectivity index (χ1n) is 9.60. The lowest BCUT2D eigenvalue weighted by atomic mass is 10.1. The Morgan fingerprint density at radius 1 is 1.31 bits per heavy atom. The molecule has 0 bridgehead atoms. The van der Waals surface area contributed by atoms with Gasteiger partial charge in [-0.2, -0.15) is 23.4 Å². The summed E-state index contributed by atoms with van der Waals surface area (Å²) >= 11 is 0. The third-order valence-corrected chi connectivity index (χ3v) is 4.85. The van der Waals surface area contributed by atoms with Crippen molar-refractivity contribution in [1.82, 2.24) is 25.0 Å². The predicted octanol–water partition coefficient (Wildman–Crippen LogP) is 3.75. The van der Waals surface area contributed by atoms with Gasteiger partial charge in [0.15, 0.2) is 11.5 Å². The summed E-state index contributed by atoms with van der Waals surface area (Å²) in [5.74, 6) is -0.0177. The monoisotopic (exact) mass is 456 g/mol. The van der Waals surface area contributed by atoms with Gasteiger partial charge in [-0.3, -0.25) is 14.6 Å². The van der Waals surface area contributed by atoms with Crippen molar-refractivity contribution in [2.24, 2.45) is 0 Å². The van der Waals surface area contributed by atoms with Gasteiger partial charge in [0, 0.05) is 17.2 Å². The number of aromatic nitrogens is 5. The highest BCUT2D eigenvalue weighted by Gasteiger charge is 2.43. The molecule has 0 saturated heterocycles. The highest BCUT2D eigenvalue weighted by atomic mass is 19.4. The SMILES string of the molecule is O=C(Nc1cccc(-c2n[nH]c(C3CC3)n2)c1)c1c(C(F)(F)F)nn(CCO)c1C(F)F. The summed E-state index contributed by atoms with van der Waals surface area (Å²) in [5.41, 5.74) is -3.72. The van der Waals surface area contributed by atoms with Crippen molar-refractivity contribution in [2.45, 2.75) is 37.9 Å². The van der Waals surface area contributed by atoms with E-state index in [2.05, 4.69) is 25.6 Å². The Morgan fingerprint density at radius 2 is 2.06 bits per heavy atom. The topological polar surface area (TPSA) is 109 Å². The Morgan fingerprint density at radius 3 is 2.69 bits per heavy atom. The highest BCUT2D eigenvalue weighted by molar-refractivity contribution is 6.06. The molecular weight excluding hydrogens is 439 g/mol. The van der Waals surface area contributed by atoms with E-state index in [9.17, 15) is 26.7 Å². The summed E-state index contributed by atoms with van der Waals surface area (Å²) in [7, 11) is 0. The maximum Gasteiger partial charge on any atom is 0.435 e. The number of aliphatic hydroxyl groups is 1. The Labute approximate surface area is 177 Å². The van der Waals surface area contributed by atoms with Gasteiger partial charge in [-0.05, 0) is 25.0 Å². The summed E-state index contributed by atoms with van der Waals surface area (Å²) in [6.45, 7) is -1.36. The van der Waals surface area contributed by atoms with Crippen LogP contribution >= 0.6 is 0 Å². The number of hydrogen-bond acceptors (Lipinski definition) is 5. The number of aliphatic hydroxyl groups excluding tert-OH is 1. The molecule has 0 unspecified atom stereocenters. The summed E-state index contributed by atoms with van der Waals surface area (Å²) in [4.78, 5) is 17.0. The van der Waals surface area contributed by atoms with Crippen LogP contribution in [0.25, 0.3) is 11.4 Å². The molecule has 13 heteroatoms. The third kappa shape index (κ3) is 4.33. The zero-order valence-electron chi connectivity index (χ0n) is 16.3. The van der Waals surface area contributed by atoms with Crippen molar-refractivity contribution in [3.05, 3.63) is 47.0 Å². The van der Waals surface area contributed by atoms with Gasteiger partial charge in [-0.25, -0.2) is 13.8 Å². The molecule has 0 aliphatic heterocycles. The first-order valence-corrected chi connectivity index (χ1v) is 9.60. The number of nitrogens with one attached hydrogen (secondary N) is 2. The van der Waals surface area contributed by atoms with Gasteiger partial charge in [0.2, 0.25) is 0 Å². The van der Waals surface area contributed by atoms with E-state index in [1.54, 1.807) is 6.07 Å². The molecule has 0 spiro atoms. The summed E-state index contributed by atoms with van der Waals surface area (Å²) < 4.78 is 67.7. The van der Waals surface area contributed by atoms with Gasteiger partial charge >= 0.3 is 6.18 Å². The number of alkyl halides is 5. The standard InChI is InChI=1S/C19H17F5N6O2/c20-15(21)13-12(14(19(22,23)24)29-30(13)6-7-31)18(32)25-11-3-1-2-10(8-11)17-26-16(27-28-17)9-4-5-9/h1-3,8-9,15,31H,4-7H2,(H,25,32)(H,26,27,28). The van der Waals surface area contributed by atoms with Crippen LogP contribution in [0.15, 0.2) is 24.3 Å². The molecular formula is C19H17F5N6O2. The maximum absolute atomic E-state index is 13.6. The number of aromatic amines is 1. The Hall–Kier alpha value is -3.35. The average molecular weight is 456 g/mol. The Bertz CT molecular complexity index is 1140. The second-order valence-corrected chi connectivity index (χ2v) is 7.21. The van der Waals surface area contributed by atoms with Crippen molar-refractivity contribution in [3.63, 3.8) is 0 Å². The normalized spacial score (nSPS) is 14.2. The highest BCUT2D eigenvalue weighted by Crippen LogP contribution is 2.39. The smallest absolute Gasteiger partial charge is 0.394 e. The summed E-state index contributed by atoms with van der Waals surface area (Å²) in [6.07, 6.45) is -6.58. The number of rotatable bonds is 7. The lowest BCUT2D eigenvalue weighted by Crippen LogP contribution is -2.19. The van der Waals surface area contributed by atoms with E-state index in [0.717, 1.165) is 18.7 Å². The van der Waals surface area contributed by atoms with Crippen LogP contribution in [-0.2, 0) is 12.7 Å². The molecule has 3 N–H and O–H groups in total. The van der Waals surface area contributed by atoms with Crippen LogP contribution in [-0.4, -0.2) is 42.6 Å². The largest absolute Gasteiger partial charge is 0.435 e. The number of benzene rings is 1. The molecule has 1 amide bonds. The average Bonchev–Trinajstić information content (AvgIpc) is 3.31. The first kappa shape index (κ1) is 21.9. The van der Waals surface area contributed by atoms with Gasteiger partial charge in [0.05, 0.1) is 18.7 Å². The molecule has 2 aromatic heterocycles. The molecule has 1 aliphatic carbocycles. The number of hydrogen-bond donors (Lipinski definition) is 3. The molecule has 32 heavy (non-hydrogen) atoms. The molecule has 1 saturated carbocycles. The van der Waals surface area contributed by atoms with Crippen LogP contribution in [0.3, 0.4) is 0 Å². The first-order chi connectivity index (χ1) is 15.2. The van der Waals surface area contributed by atoms with E-state index in [1.165, 1.54) is 18.2 Å². The third-order valence-electron chi connectivity index (χ3n) is 4.85. The molecule has 1 fully saturated rings. The lowest BCUT2D eigenvalue weighted by molar-refractivity contribution is -0.141. The summed E-state index contributed by atoms with van der Waals surface area (Å²) in [6, 6.07) is 5.97. The number of carbonyl (C=O) groups excluding carboxylic acids is 1. The molecule has 170 valence electrons. The number of amides is 1. The van der Waals surface area contributed by atoms with Crippen LogP contribution in [0, 0.1) is 0 Å². The zero-order valence-corrected chi connectivity index (χ0v) is 16.3. The maximum atomic E-state index is 13.6. The minimum Gasteiger partial charge on any atom is -0.394 e. The molecule has 1 aromatic carbocycles. The van der Waals surface area contributed by atoms with Crippen LogP contribution in [0.5, 0.6) is 0 Å². The van der Waals surface area contributed by atoms with E-state index in [1.807, 2.05) is 0 Å². The fraction of sp³-hybridized carbons (Fsp3) is 0.368. The van der Waals surface area contributed by atoms with Crippen molar-refractivity contribution < 1.29 is 31.9 Å². The molecule has 8 nitrogen and oxygen atoms in total. The molecule has 1 aliphatic rings. The van der Waals surface area contributed by atoms with Gasteiger partial charge in [0.1, 0.15) is 11.5 Å².